The zero-order chi connectivity index (χ0) is 19.5. The van der Waals surface area contributed by atoms with Gasteiger partial charge in [-0.3, -0.25) is 0 Å². The molecule has 0 aliphatic heterocycles. The van der Waals surface area contributed by atoms with Gasteiger partial charge in [0.2, 0.25) is 10.0 Å². The fourth-order valence-electron chi connectivity index (χ4n) is 2.72. The SMILES string of the molecule is Cc1cc(S(=O)(=O)NC[C@H](c2ccc(N(C)C)cc2)[NH+](C)C)ccc1F. The molecule has 0 spiro atoms. The van der Waals surface area contributed by atoms with Crippen molar-refractivity contribution < 1.29 is 17.7 Å². The van der Waals surface area contributed by atoms with E-state index in [1.54, 1.807) is 6.92 Å². The highest BCUT2D eigenvalue weighted by Gasteiger charge is 2.22. The lowest BCUT2D eigenvalue weighted by Gasteiger charge is -2.23. The number of hydrogen-bond acceptors (Lipinski definition) is 3. The van der Waals surface area contributed by atoms with Crippen LogP contribution in [0.1, 0.15) is 17.2 Å². The number of nitrogens with zero attached hydrogens (tertiary/aromatic N) is 1. The molecule has 0 saturated heterocycles. The summed E-state index contributed by atoms with van der Waals surface area (Å²) in [6, 6.07) is 11.8. The van der Waals surface area contributed by atoms with E-state index in [4.69, 9.17) is 0 Å². The number of likely N-dealkylation sites (N-methyl/N-ethyl adjacent to an activating group) is 1. The van der Waals surface area contributed by atoms with E-state index in [0.717, 1.165) is 16.2 Å². The summed E-state index contributed by atoms with van der Waals surface area (Å²) in [6.07, 6.45) is 0. The van der Waals surface area contributed by atoms with Crippen molar-refractivity contribution >= 4 is 15.7 Å². The third-order valence-corrected chi connectivity index (χ3v) is 5.85. The number of rotatable bonds is 7. The van der Waals surface area contributed by atoms with E-state index in [2.05, 4.69) is 4.72 Å². The minimum absolute atomic E-state index is 0.0393. The quantitative estimate of drug-likeness (QED) is 0.763. The molecule has 2 aromatic carbocycles. The molecule has 0 heterocycles. The maximum absolute atomic E-state index is 13.4. The van der Waals surface area contributed by atoms with E-state index < -0.39 is 15.8 Å². The second-order valence-corrected chi connectivity index (χ2v) is 8.65. The van der Waals surface area contributed by atoms with Gasteiger partial charge in [0.05, 0.1) is 25.5 Å². The molecule has 0 saturated carbocycles. The second-order valence-electron chi connectivity index (χ2n) is 6.88. The van der Waals surface area contributed by atoms with Crippen LogP contribution in [-0.4, -0.2) is 43.2 Å². The molecule has 1 atom stereocenters. The number of quaternary nitrogens is 1. The Hall–Kier alpha value is -1.96. The number of benzene rings is 2. The molecule has 26 heavy (non-hydrogen) atoms. The van der Waals surface area contributed by atoms with Crippen LogP contribution in [0.5, 0.6) is 0 Å². The highest BCUT2D eigenvalue weighted by molar-refractivity contribution is 7.89. The molecule has 2 rings (SSSR count). The standard InChI is InChI=1S/C19H26FN3O2S/c1-14-12-17(10-11-18(14)20)26(24,25)21-13-19(23(4)5)15-6-8-16(9-7-15)22(2)3/h6-12,19,21H,13H2,1-5H3/p+1/t19-/m1/s1. The molecule has 0 aromatic heterocycles. The molecule has 0 aliphatic rings. The highest BCUT2D eigenvalue weighted by atomic mass is 32.2. The molecule has 0 unspecified atom stereocenters. The summed E-state index contributed by atoms with van der Waals surface area (Å²) in [5, 5.41) is 0. The van der Waals surface area contributed by atoms with Crippen molar-refractivity contribution in [3.8, 4) is 0 Å². The molecule has 0 fully saturated rings. The van der Waals surface area contributed by atoms with Crippen molar-refractivity contribution in [2.24, 2.45) is 0 Å². The summed E-state index contributed by atoms with van der Waals surface area (Å²) in [5.41, 5.74) is 2.44. The zero-order valence-corrected chi connectivity index (χ0v) is 16.7. The zero-order valence-electron chi connectivity index (χ0n) is 15.9. The van der Waals surface area contributed by atoms with Gasteiger partial charge in [-0.05, 0) is 42.8 Å². The average Bonchev–Trinajstić information content (AvgIpc) is 2.57. The fraction of sp³-hybridized carbons (Fsp3) is 0.368. The lowest BCUT2D eigenvalue weighted by molar-refractivity contribution is -0.890. The van der Waals surface area contributed by atoms with Gasteiger partial charge in [-0.15, -0.1) is 0 Å². The molecule has 0 aliphatic carbocycles. The van der Waals surface area contributed by atoms with Gasteiger partial charge >= 0.3 is 0 Å². The number of nitrogens with one attached hydrogen (secondary N) is 2. The van der Waals surface area contributed by atoms with E-state index >= 15 is 0 Å². The third-order valence-electron chi connectivity index (χ3n) is 4.43. The van der Waals surface area contributed by atoms with E-state index in [1.165, 1.54) is 18.2 Å². The molecule has 0 amide bonds. The molecular formula is C19H27FN3O2S+. The van der Waals surface area contributed by atoms with Crippen molar-refractivity contribution in [2.75, 3.05) is 39.6 Å². The Bertz CT molecular complexity index is 850. The Morgan fingerprint density at radius 2 is 1.73 bits per heavy atom. The van der Waals surface area contributed by atoms with Gasteiger partial charge in [-0.25, -0.2) is 17.5 Å². The van der Waals surface area contributed by atoms with Crippen LogP contribution in [0.3, 0.4) is 0 Å². The highest BCUT2D eigenvalue weighted by Crippen LogP contribution is 2.18. The second kappa shape index (κ2) is 8.16. The van der Waals surface area contributed by atoms with E-state index in [0.29, 0.717) is 5.56 Å². The van der Waals surface area contributed by atoms with E-state index in [1.807, 2.05) is 57.4 Å². The van der Waals surface area contributed by atoms with Crippen LogP contribution in [-0.2, 0) is 10.0 Å². The lowest BCUT2D eigenvalue weighted by Crippen LogP contribution is -3.07. The maximum atomic E-state index is 13.4. The molecule has 142 valence electrons. The molecule has 2 aromatic rings. The van der Waals surface area contributed by atoms with Gasteiger partial charge in [0.15, 0.2) is 0 Å². The summed E-state index contributed by atoms with van der Waals surface area (Å²) in [6.45, 7) is 1.80. The van der Waals surface area contributed by atoms with Crippen molar-refractivity contribution in [3.05, 3.63) is 59.4 Å². The van der Waals surface area contributed by atoms with E-state index in [9.17, 15) is 12.8 Å². The molecule has 5 nitrogen and oxygen atoms in total. The summed E-state index contributed by atoms with van der Waals surface area (Å²) >= 11 is 0. The molecule has 0 bridgehead atoms. The van der Waals surface area contributed by atoms with Crippen LogP contribution >= 0.6 is 0 Å². The summed E-state index contributed by atoms with van der Waals surface area (Å²) in [7, 11) is 4.23. The first-order valence-corrected chi connectivity index (χ1v) is 9.93. The van der Waals surface area contributed by atoms with Crippen molar-refractivity contribution in [2.45, 2.75) is 17.9 Å². The molecule has 7 heteroatoms. The normalized spacial score (nSPS) is 13.0. The number of anilines is 1. The van der Waals surface area contributed by atoms with Gasteiger partial charge in [-0.2, -0.15) is 0 Å². The van der Waals surface area contributed by atoms with Gasteiger partial charge < -0.3 is 9.80 Å². The summed E-state index contributed by atoms with van der Waals surface area (Å²) in [5.74, 6) is -0.416. The van der Waals surface area contributed by atoms with Crippen LogP contribution in [0, 0.1) is 12.7 Å². The number of halogens is 1. The Labute approximate surface area is 155 Å². The minimum Gasteiger partial charge on any atom is -0.378 e. The van der Waals surface area contributed by atoms with Crippen LogP contribution in [0.4, 0.5) is 10.1 Å². The first-order valence-electron chi connectivity index (χ1n) is 8.45. The summed E-state index contributed by atoms with van der Waals surface area (Å²) < 4.78 is 41.1. The number of hydrogen-bond donors (Lipinski definition) is 2. The maximum Gasteiger partial charge on any atom is 0.240 e. The van der Waals surface area contributed by atoms with Gasteiger partial charge in [0, 0.05) is 25.3 Å². The van der Waals surface area contributed by atoms with Crippen LogP contribution < -0.4 is 14.5 Å². The fourth-order valence-corrected chi connectivity index (χ4v) is 3.85. The first-order chi connectivity index (χ1) is 12.1. The van der Waals surface area contributed by atoms with Crippen molar-refractivity contribution in [1.82, 2.24) is 4.72 Å². The Morgan fingerprint density at radius 3 is 2.23 bits per heavy atom. The van der Waals surface area contributed by atoms with E-state index in [-0.39, 0.29) is 17.5 Å². The molecule has 0 radical (unpaired) electrons. The Kier molecular flexibility index (Phi) is 6.39. The lowest BCUT2D eigenvalue weighted by atomic mass is 10.1. The smallest absolute Gasteiger partial charge is 0.240 e. The first kappa shape index (κ1) is 20.4. The number of aryl methyl sites for hydroxylation is 1. The van der Waals surface area contributed by atoms with Gasteiger partial charge in [-0.1, -0.05) is 12.1 Å². The van der Waals surface area contributed by atoms with Crippen LogP contribution in [0.25, 0.3) is 0 Å². The van der Waals surface area contributed by atoms with Gasteiger partial charge in [0.1, 0.15) is 11.9 Å². The van der Waals surface area contributed by atoms with Crippen molar-refractivity contribution in [3.63, 3.8) is 0 Å². The van der Waals surface area contributed by atoms with Crippen molar-refractivity contribution in [1.29, 1.82) is 0 Å². The van der Waals surface area contributed by atoms with Crippen LogP contribution in [0.15, 0.2) is 47.4 Å². The van der Waals surface area contributed by atoms with Crippen LogP contribution in [0.2, 0.25) is 0 Å². The average molecular weight is 381 g/mol. The van der Waals surface area contributed by atoms with Gasteiger partial charge in [0.25, 0.3) is 0 Å². The number of sulfonamides is 1. The molecule has 2 N–H and O–H groups in total. The monoisotopic (exact) mass is 380 g/mol. The predicted molar refractivity (Wildman–Crippen MR) is 103 cm³/mol. The minimum atomic E-state index is -3.70. The largest absolute Gasteiger partial charge is 0.378 e. The topological polar surface area (TPSA) is 53.9 Å². The molecular weight excluding hydrogens is 353 g/mol. The Balaban J connectivity index is 2.18. The third kappa shape index (κ3) is 4.81. The summed E-state index contributed by atoms with van der Waals surface area (Å²) in [4.78, 5) is 3.20. The predicted octanol–water partition coefficient (Wildman–Crippen LogP) is 1.36. The Morgan fingerprint density at radius 1 is 1.12 bits per heavy atom.